The van der Waals surface area contributed by atoms with E-state index in [4.69, 9.17) is 5.73 Å². The summed E-state index contributed by atoms with van der Waals surface area (Å²) in [6.45, 7) is 1.77. The molecule has 1 saturated heterocycles. The molecule has 36 valence electrons. The topological polar surface area (TPSA) is 50.1 Å². The summed E-state index contributed by atoms with van der Waals surface area (Å²) < 4.78 is 0. The van der Waals surface area contributed by atoms with Crippen LogP contribution in [0.1, 0.15) is 0 Å². The zero-order valence-corrected chi connectivity index (χ0v) is 3.57. The van der Waals surface area contributed by atoms with Crippen molar-refractivity contribution < 1.29 is 0 Å². The van der Waals surface area contributed by atoms with Gasteiger partial charge < -0.3 is 11.1 Å². The lowest BCUT2D eigenvalue weighted by molar-refractivity contribution is 0.662. The molecule has 1 aliphatic rings. The van der Waals surface area contributed by atoms with Crippen molar-refractivity contribution in [3.8, 4) is 0 Å². The zero-order valence-electron chi connectivity index (χ0n) is 3.57. The average molecular weight is 87.1 g/mol. The molecule has 3 heteroatoms. The summed E-state index contributed by atoms with van der Waals surface area (Å²) in [6, 6.07) is 0. The van der Waals surface area contributed by atoms with Gasteiger partial charge in [0.2, 0.25) is 0 Å². The van der Waals surface area contributed by atoms with Crippen LogP contribution < -0.4 is 16.4 Å². The second-order valence-electron chi connectivity index (χ2n) is 1.44. The van der Waals surface area contributed by atoms with Crippen LogP contribution in [0, 0.1) is 0 Å². The van der Waals surface area contributed by atoms with Crippen molar-refractivity contribution in [1.82, 2.24) is 10.6 Å². The second kappa shape index (κ2) is 1.55. The predicted octanol–water partition coefficient (Wildman–Crippen LogP) is -1.58. The summed E-state index contributed by atoms with van der Waals surface area (Å²) in [4.78, 5) is 0. The van der Waals surface area contributed by atoms with Gasteiger partial charge in [-0.05, 0) is 0 Å². The Labute approximate surface area is 36.9 Å². The van der Waals surface area contributed by atoms with E-state index in [1.807, 2.05) is 0 Å². The summed E-state index contributed by atoms with van der Waals surface area (Å²) in [5.74, 6) is 0. The molecule has 0 bridgehead atoms. The molecule has 0 amide bonds. The molecule has 6 heavy (non-hydrogen) atoms. The van der Waals surface area contributed by atoms with Crippen molar-refractivity contribution >= 4 is 0 Å². The Kier molecular flexibility index (Phi) is 1.05. The standard InChI is InChI=1S/C3H9N3/c4-3-1-5-2-6-3/h3,5-6H,1-2,4H2. The fourth-order valence-corrected chi connectivity index (χ4v) is 0.503. The van der Waals surface area contributed by atoms with Crippen molar-refractivity contribution in [2.24, 2.45) is 5.73 Å². The van der Waals surface area contributed by atoms with Crippen LogP contribution in [-0.2, 0) is 0 Å². The maximum absolute atomic E-state index is 5.36. The fraction of sp³-hybridized carbons (Fsp3) is 1.00. The van der Waals surface area contributed by atoms with Crippen molar-refractivity contribution in [2.45, 2.75) is 6.17 Å². The summed E-state index contributed by atoms with van der Waals surface area (Å²) in [6.07, 6.45) is 0.185. The first-order valence-electron chi connectivity index (χ1n) is 2.09. The van der Waals surface area contributed by atoms with Gasteiger partial charge in [-0.1, -0.05) is 0 Å². The Bertz CT molecular complexity index is 39.3. The Balaban J connectivity index is 2.18. The summed E-state index contributed by atoms with van der Waals surface area (Å²) in [7, 11) is 0. The predicted molar refractivity (Wildman–Crippen MR) is 24.0 cm³/mol. The molecule has 1 heterocycles. The van der Waals surface area contributed by atoms with Crippen LogP contribution in [0.15, 0.2) is 0 Å². The summed E-state index contributed by atoms with van der Waals surface area (Å²) in [5.41, 5.74) is 5.36. The zero-order chi connectivity index (χ0) is 4.41. The van der Waals surface area contributed by atoms with Crippen LogP contribution in [0.25, 0.3) is 0 Å². The van der Waals surface area contributed by atoms with Crippen LogP contribution in [0.2, 0.25) is 0 Å². The normalized spacial score (nSPS) is 34.5. The molecule has 0 aromatic carbocycles. The monoisotopic (exact) mass is 87.1 g/mol. The van der Waals surface area contributed by atoms with Crippen LogP contribution in [-0.4, -0.2) is 19.4 Å². The molecular weight excluding hydrogens is 78.1 g/mol. The first-order chi connectivity index (χ1) is 2.89. The molecule has 3 nitrogen and oxygen atoms in total. The van der Waals surface area contributed by atoms with Gasteiger partial charge in [0.15, 0.2) is 0 Å². The minimum absolute atomic E-state index is 0.185. The van der Waals surface area contributed by atoms with Gasteiger partial charge in [-0.3, -0.25) is 5.32 Å². The van der Waals surface area contributed by atoms with Crippen LogP contribution >= 0.6 is 0 Å². The molecule has 0 aliphatic carbocycles. The molecule has 0 radical (unpaired) electrons. The number of hydrogen-bond acceptors (Lipinski definition) is 3. The van der Waals surface area contributed by atoms with Crippen molar-refractivity contribution in [3.05, 3.63) is 0 Å². The number of hydrogen-bond donors (Lipinski definition) is 3. The third-order valence-corrected chi connectivity index (χ3v) is 0.854. The molecule has 0 aromatic heterocycles. The SMILES string of the molecule is NC1CNCN1. The van der Waals surface area contributed by atoms with Gasteiger partial charge in [0, 0.05) is 13.2 Å². The third kappa shape index (κ3) is 0.680. The van der Waals surface area contributed by atoms with Crippen molar-refractivity contribution in [3.63, 3.8) is 0 Å². The Morgan fingerprint density at radius 2 is 2.50 bits per heavy atom. The molecule has 1 unspecified atom stereocenters. The largest absolute Gasteiger partial charge is 0.315 e. The maximum Gasteiger partial charge on any atom is 0.0685 e. The van der Waals surface area contributed by atoms with Gasteiger partial charge in [0.25, 0.3) is 0 Å². The van der Waals surface area contributed by atoms with Crippen LogP contribution in [0.4, 0.5) is 0 Å². The summed E-state index contributed by atoms with van der Waals surface area (Å²) in [5, 5.41) is 6.02. The molecule has 0 saturated carbocycles. The number of nitrogens with two attached hydrogens (primary N) is 1. The van der Waals surface area contributed by atoms with E-state index in [9.17, 15) is 0 Å². The minimum Gasteiger partial charge on any atom is -0.315 e. The quantitative estimate of drug-likeness (QED) is 0.334. The molecule has 0 spiro atoms. The Morgan fingerprint density at radius 3 is 2.67 bits per heavy atom. The highest BCUT2D eigenvalue weighted by Gasteiger charge is 2.04. The smallest absolute Gasteiger partial charge is 0.0685 e. The van der Waals surface area contributed by atoms with Gasteiger partial charge in [-0.15, -0.1) is 0 Å². The molecule has 1 atom stereocenters. The third-order valence-electron chi connectivity index (χ3n) is 0.854. The molecular formula is C3H9N3. The highest BCUT2D eigenvalue weighted by molar-refractivity contribution is 4.66. The molecule has 4 N–H and O–H groups in total. The molecule has 0 aromatic rings. The lowest BCUT2D eigenvalue weighted by atomic mass is 10.6. The lowest BCUT2D eigenvalue weighted by Gasteiger charge is -1.94. The van der Waals surface area contributed by atoms with Gasteiger partial charge in [0.1, 0.15) is 0 Å². The highest BCUT2D eigenvalue weighted by Crippen LogP contribution is 1.72. The lowest BCUT2D eigenvalue weighted by Crippen LogP contribution is -2.32. The average Bonchev–Trinajstić information content (AvgIpc) is 1.86. The van der Waals surface area contributed by atoms with Crippen molar-refractivity contribution in [1.29, 1.82) is 0 Å². The number of rotatable bonds is 0. The van der Waals surface area contributed by atoms with E-state index in [-0.39, 0.29) is 6.17 Å². The van der Waals surface area contributed by atoms with Crippen LogP contribution in [0.3, 0.4) is 0 Å². The van der Waals surface area contributed by atoms with Gasteiger partial charge in [-0.25, -0.2) is 0 Å². The van der Waals surface area contributed by atoms with E-state index in [1.54, 1.807) is 0 Å². The highest BCUT2D eigenvalue weighted by atomic mass is 15.2. The summed E-state index contributed by atoms with van der Waals surface area (Å²) >= 11 is 0. The van der Waals surface area contributed by atoms with Gasteiger partial charge in [-0.2, -0.15) is 0 Å². The van der Waals surface area contributed by atoms with Crippen LogP contribution in [0.5, 0.6) is 0 Å². The van der Waals surface area contributed by atoms with Crippen molar-refractivity contribution in [2.75, 3.05) is 13.2 Å². The second-order valence-corrected chi connectivity index (χ2v) is 1.44. The van der Waals surface area contributed by atoms with E-state index in [0.29, 0.717) is 0 Å². The number of nitrogens with one attached hydrogen (secondary N) is 2. The fourth-order valence-electron chi connectivity index (χ4n) is 0.503. The Morgan fingerprint density at radius 1 is 1.67 bits per heavy atom. The minimum atomic E-state index is 0.185. The molecule has 1 fully saturated rings. The molecule has 1 aliphatic heterocycles. The van der Waals surface area contributed by atoms with E-state index in [0.717, 1.165) is 13.2 Å². The first-order valence-corrected chi connectivity index (χ1v) is 2.09. The maximum atomic E-state index is 5.36. The van der Waals surface area contributed by atoms with E-state index < -0.39 is 0 Å². The van der Waals surface area contributed by atoms with Gasteiger partial charge >= 0.3 is 0 Å². The first kappa shape index (κ1) is 4.05. The van der Waals surface area contributed by atoms with E-state index >= 15 is 0 Å². The van der Waals surface area contributed by atoms with E-state index in [1.165, 1.54) is 0 Å². The Hall–Kier alpha value is -0.120. The van der Waals surface area contributed by atoms with E-state index in [2.05, 4.69) is 10.6 Å². The molecule has 1 rings (SSSR count). The van der Waals surface area contributed by atoms with Gasteiger partial charge in [0.05, 0.1) is 6.17 Å².